The van der Waals surface area contributed by atoms with E-state index in [0.717, 1.165) is 32.3 Å². The molecule has 5 aromatic rings. The van der Waals surface area contributed by atoms with Crippen molar-refractivity contribution in [2.75, 3.05) is 11.9 Å². The van der Waals surface area contributed by atoms with E-state index >= 15 is 0 Å². The highest BCUT2D eigenvalue weighted by Gasteiger charge is 2.17. The first-order valence-electron chi connectivity index (χ1n) is 10.2. The van der Waals surface area contributed by atoms with Gasteiger partial charge in [-0.05, 0) is 48.7 Å². The van der Waals surface area contributed by atoms with E-state index in [1.807, 2.05) is 31.2 Å². The first kappa shape index (κ1) is 21.3. The molecular formula is C24H20N4O3S2. The molecule has 0 atom stereocenters. The summed E-state index contributed by atoms with van der Waals surface area (Å²) in [6.45, 7) is 1.50. The Bertz CT molecular complexity index is 1550. The topological polar surface area (TPSA) is 104 Å². The van der Waals surface area contributed by atoms with Crippen LogP contribution >= 0.6 is 11.3 Å². The first-order valence-corrected chi connectivity index (χ1v) is 12.5. The fourth-order valence-corrected chi connectivity index (χ4v) is 5.67. The van der Waals surface area contributed by atoms with Gasteiger partial charge in [-0.2, -0.15) is 5.10 Å². The summed E-state index contributed by atoms with van der Waals surface area (Å²) < 4.78 is 28.4. The van der Waals surface area contributed by atoms with Crippen LogP contribution in [0.2, 0.25) is 0 Å². The Labute approximate surface area is 194 Å². The molecule has 3 N–H and O–H groups in total. The Morgan fingerprint density at radius 3 is 2.61 bits per heavy atom. The summed E-state index contributed by atoms with van der Waals surface area (Å²) in [7, 11) is -3.78. The van der Waals surface area contributed by atoms with Gasteiger partial charge in [-0.1, -0.05) is 35.9 Å². The summed E-state index contributed by atoms with van der Waals surface area (Å²) in [5.41, 5.74) is 3.31. The molecule has 33 heavy (non-hydrogen) atoms. The second-order valence-corrected chi connectivity index (χ2v) is 10.5. The van der Waals surface area contributed by atoms with Gasteiger partial charge in [0.05, 0.1) is 23.2 Å². The summed E-state index contributed by atoms with van der Waals surface area (Å²) in [4.78, 5) is 13.7. The van der Waals surface area contributed by atoms with Crippen molar-refractivity contribution in [3.8, 4) is 10.4 Å². The van der Waals surface area contributed by atoms with Crippen LogP contribution in [0.4, 0.5) is 5.69 Å². The molecule has 0 spiro atoms. The van der Waals surface area contributed by atoms with Crippen LogP contribution in [0.3, 0.4) is 0 Å². The predicted molar refractivity (Wildman–Crippen MR) is 132 cm³/mol. The van der Waals surface area contributed by atoms with Crippen molar-refractivity contribution in [3.63, 3.8) is 0 Å². The third-order valence-corrected chi connectivity index (χ3v) is 7.84. The molecule has 166 valence electrons. The number of anilines is 1. The van der Waals surface area contributed by atoms with Gasteiger partial charge >= 0.3 is 0 Å². The molecule has 2 aromatic heterocycles. The van der Waals surface area contributed by atoms with E-state index in [9.17, 15) is 13.2 Å². The number of sulfonamides is 1. The largest absolute Gasteiger partial charge is 0.325 e. The zero-order valence-electron chi connectivity index (χ0n) is 17.6. The molecule has 5 rings (SSSR count). The van der Waals surface area contributed by atoms with E-state index in [2.05, 4.69) is 38.4 Å². The highest BCUT2D eigenvalue weighted by atomic mass is 32.2. The van der Waals surface area contributed by atoms with Crippen molar-refractivity contribution >= 4 is 53.9 Å². The van der Waals surface area contributed by atoms with Gasteiger partial charge in [-0.15, -0.1) is 11.3 Å². The number of amides is 1. The third kappa shape index (κ3) is 4.38. The van der Waals surface area contributed by atoms with Crippen LogP contribution in [0.5, 0.6) is 0 Å². The average molecular weight is 477 g/mol. The number of aryl methyl sites for hydroxylation is 1. The highest BCUT2D eigenvalue weighted by molar-refractivity contribution is 7.89. The molecule has 3 aromatic carbocycles. The Kier molecular flexibility index (Phi) is 5.45. The smallest absolute Gasteiger partial charge is 0.241 e. The Hall–Kier alpha value is -3.53. The number of hydrogen-bond acceptors (Lipinski definition) is 5. The van der Waals surface area contributed by atoms with E-state index in [-0.39, 0.29) is 11.4 Å². The molecular weight excluding hydrogens is 456 g/mol. The van der Waals surface area contributed by atoms with Crippen molar-refractivity contribution in [1.82, 2.24) is 14.9 Å². The van der Waals surface area contributed by atoms with E-state index in [0.29, 0.717) is 5.69 Å². The lowest BCUT2D eigenvalue weighted by molar-refractivity contribution is -0.115. The summed E-state index contributed by atoms with van der Waals surface area (Å²) in [6, 6.07) is 20.4. The monoisotopic (exact) mass is 476 g/mol. The standard InChI is InChI=1S/C24H20N4O3S2/c1-15-6-8-19(9-7-15)33(30,31)26-14-23(29)27-18-10-17-13-25-28-24(17)20(12-18)22-11-16-4-2-3-5-21(16)32-22/h2-13,26H,14H2,1H3,(H,25,28)(H,27,29). The van der Waals surface area contributed by atoms with Crippen molar-refractivity contribution in [2.24, 2.45) is 0 Å². The molecule has 0 unspecified atom stereocenters. The van der Waals surface area contributed by atoms with E-state index in [1.54, 1.807) is 29.7 Å². The molecule has 1 amide bonds. The van der Waals surface area contributed by atoms with Crippen molar-refractivity contribution < 1.29 is 13.2 Å². The number of aromatic amines is 1. The van der Waals surface area contributed by atoms with Crippen LogP contribution in [0.1, 0.15) is 5.56 Å². The van der Waals surface area contributed by atoms with Crippen LogP contribution < -0.4 is 10.0 Å². The number of fused-ring (bicyclic) bond motifs is 2. The maximum absolute atomic E-state index is 12.5. The van der Waals surface area contributed by atoms with Crippen LogP contribution in [-0.4, -0.2) is 31.1 Å². The minimum atomic E-state index is -3.78. The van der Waals surface area contributed by atoms with E-state index < -0.39 is 15.9 Å². The number of benzene rings is 3. The van der Waals surface area contributed by atoms with Crippen molar-refractivity contribution in [3.05, 3.63) is 78.5 Å². The lowest BCUT2D eigenvalue weighted by Crippen LogP contribution is -2.32. The van der Waals surface area contributed by atoms with Gasteiger partial charge < -0.3 is 5.32 Å². The second-order valence-electron chi connectivity index (χ2n) is 7.69. The van der Waals surface area contributed by atoms with E-state index in [1.165, 1.54) is 16.8 Å². The summed E-state index contributed by atoms with van der Waals surface area (Å²) >= 11 is 1.66. The molecule has 9 heteroatoms. The van der Waals surface area contributed by atoms with Crippen LogP contribution in [0, 0.1) is 6.92 Å². The number of hydrogen-bond donors (Lipinski definition) is 3. The number of carbonyl (C=O) groups excluding carboxylic acids is 1. The minimum absolute atomic E-state index is 0.118. The van der Waals surface area contributed by atoms with Crippen molar-refractivity contribution in [1.29, 1.82) is 0 Å². The maximum Gasteiger partial charge on any atom is 0.241 e. The summed E-state index contributed by atoms with van der Waals surface area (Å²) in [6.07, 6.45) is 1.70. The number of thiophene rings is 1. The molecule has 0 aliphatic heterocycles. The van der Waals surface area contributed by atoms with Gasteiger partial charge in [-0.25, -0.2) is 13.1 Å². The zero-order valence-corrected chi connectivity index (χ0v) is 19.3. The first-order chi connectivity index (χ1) is 15.9. The normalized spacial score (nSPS) is 11.8. The van der Waals surface area contributed by atoms with Crippen LogP contribution in [0.15, 0.2) is 77.8 Å². The summed E-state index contributed by atoms with van der Waals surface area (Å²) in [5.74, 6) is -0.462. The quantitative estimate of drug-likeness (QED) is 0.331. The molecule has 0 aliphatic carbocycles. The predicted octanol–water partition coefficient (Wildman–Crippen LogP) is 4.67. The molecule has 2 heterocycles. The van der Waals surface area contributed by atoms with Gasteiger partial charge in [0.15, 0.2) is 0 Å². The van der Waals surface area contributed by atoms with Crippen LogP contribution in [0.25, 0.3) is 31.4 Å². The fourth-order valence-electron chi connectivity index (χ4n) is 3.61. The van der Waals surface area contributed by atoms with Crippen molar-refractivity contribution in [2.45, 2.75) is 11.8 Å². The molecule has 0 saturated carbocycles. The van der Waals surface area contributed by atoms with Crippen LogP contribution in [-0.2, 0) is 14.8 Å². The maximum atomic E-state index is 12.5. The SMILES string of the molecule is Cc1ccc(S(=O)(=O)NCC(=O)Nc2cc(-c3cc4ccccc4s3)c3[nH]ncc3c2)cc1. The number of rotatable bonds is 6. The van der Waals surface area contributed by atoms with Gasteiger partial charge in [0.25, 0.3) is 0 Å². The fraction of sp³-hybridized carbons (Fsp3) is 0.0833. The third-order valence-electron chi connectivity index (χ3n) is 5.28. The molecule has 0 fully saturated rings. The zero-order chi connectivity index (χ0) is 23.0. The Morgan fingerprint density at radius 2 is 1.82 bits per heavy atom. The Balaban J connectivity index is 1.38. The number of aromatic nitrogens is 2. The number of nitrogens with one attached hydrogen (secondary N) is 3. The van der Waals surface area contributed by atoms with Gasteiger partial charge in [0, 0.05) is 26.2 Å². The van der Waals surface area contributed by atoms with Gasteiger partial charge in [-0.3, -0.25) is 9.89 Å². The van der Waals surface area contributed by atoms with Gasteiger partial charge in [0.2, 0.25) is 15.9 Å². The van der Waals surface area contributed by atoms with Gasteiger partial charge in [0.1, 0.15) is 0 Å². The lowest BCUT2D eigenvalue weighted by Gasteiger charge is -2.10. The van der Waals surface area contributed by atoms with E-state index in [4.69, 9.17) is 0 Å². The highest BCUT2D eigenvalue weighted by Crippen LogP contribution is 2.38. The molecule has 0 bridgehead atoms. The minimum Gasteiger partial charge on any atom is -0.325 e. The number of nitrogens with zero attached hydrogens (tertiary/aromatic N) is 1. The molecule has 0 saturated heterocycles. The molecule has 0 aliphatic rings. The molecule has 7 nitrogen and oxygen atoms in total. The number of carbonyl (C=O) groups is 1. The second kappa shape index (κ2) is 8.43. The summed E-state index contributed by atoms with van der Waals surface area (Å²) in [5, 5.41) is 12.0. The number of H-pyrrole nitrogens is 1. The average Bonchev–Trinajstić information content (AvgIpc) is 3.44. The Morgan fingerprint density at radius 1 is 1.03 bits per heavy atom. The molecule has 0 radical (unpaired) electrons. The lowest BCUT2D eigenvalue weighted by atomic mass is 10.1.